The zero-order valence-corrected chi connectivity index (χ0v) is 15.0. The second-order valence-corrected chi connectivity index (χ2v) is 6.45. The molecule has 0 aromatic carbocycles. The van der Waals surface area contributed by atoms with Gasteiger partial charge in [0.15, 0.2) is 0 Å². The number of amides is 1. The third kappa shape index (κ3) is 7.11. The number of pyridine rings is 1. The number of hydrogen-bond donors (Lipinski definition) is 1. The van der Waals surface area contributed by atoms with E-state index in [4.69, 9.17) is 9.47 Å². The molecule has 23 heavy (non-hydrogen) atoms. The molecular weight excluding hydrogens is 374 g/mol. The SMILES string of the molecule is CCCCOC(=O)NC(C)(C)COc1cnc(Br)cc1C(F)F. The third-order valence-electron chi connectivity index (χ3n) is 2.86. The lowest BCUT2D eigenvalue weighted by Gasteiger charge is -2.26. The van der Waals surface area contributed by atoms with Gasteiger partial charge in [0.2, 0.25) is 0 Å². The van der Waals surface area contributed by atoms with Crippen molar-refractivity contribution in [3.63, 3.8) is 0 Å². The third-order valence-corrected chi connectivity index (χ3v) is 3.29. The number of carbonyl (C=O) groups excluding carboxylic acids is 1. The minimum atomic E-state index is -2.68. The molecule has 0 spiro atoms. The number of nitrogens with zero attached hydrogens (tertiary/aromatic N) is 1. The molecule has 1 N–H and O–H groups in total. The van der Waals surface area contributed by atoms with E-state index in [1.165, 1.54) is 12.3 Å². The molecule has 0 saturated carbocycles. The number of alkyl carbamates (subject to hydrolysis) is 1. The van der Waals surface area contributed by atoms with Crippen LogP contribution in [0.3, 0.4) is 0 Å². The Hall–Kier alpha value is -1.44. The average molecular weight is 395 g/mol. The Labute approximate surface area is 142 Å². The predicted molar refractivity (Wildman–Crippen MR) is 85.9 cm³/mol. The van der Waals surface area contributed by atoms with Crippen molar-refractivity contribution in [2.24, 2.45) is 0 Å². The number of halogens is 3. The smallest absolute Gasteiger partial charge is 0.407 e. The highest BCUT2D eigenvalue weighted by atomic mass is 79.9. The molecule has 0 fully saturated rings. The molecule has 0 aliphatic rings. The van der Waals surface area contributed by atoms with Gasteiger partial charge in [-0.1, -0.05) is 13.3 Å². The second-order valence-electron chi connectivity index (χ2n) is 5.63. The van der Waals surface area contributed by atoms with E-state index < -0.39 is 18.1 Å². The summed E-state index contributed by atoms with van der Waals surface area (Å²) in [7, 11) is 0. The average Bonchev–Trinajstić information content (AvgIpc) is 2.45. The Balaban J connectivity index is 2.60. The van der Waals surface area contributed by atoms with Gasteiger partial charge in [-0.25, -0.2) is 18.6 Å². The van der Waals surface area contributed by atoms with Crippen LogP contribution in [0.5, 0.6) is 5.75 Å². The van der Waals surface area contributed by atoms with Crippen LogP contribution in [0.2, 0.25) is 0 Å². The highest BCUT2D eigenvalue weighted by Crippen LogP contribution is 2.30. The second kappa shape index (κ2) is 9.00. The van der Waals surface area contributed by atoms with Crippen LogP contribution in [-0.2, 0) is 4.74 Å². The molecular formula is C15H21BrF2N2O3. The normalized spacial score (nSPS) is 11.4. The maximum atomic E-state index is 13.0. The lowest BCUT2D eigenvalue weighted by molar-refractivity contribution is 0.119. The standard InChI is InChI=1S/C15H21BrF2N2O3/c1-4-5-6-22-14(21)20-15(2,3)9-23-11-8-19-12(16)7-10(11)13(17)18/h7-8,13H,4-6,9H2,1-3H3,(H,20,21). The van der Waals surface area contributed by atoms with Crippen molar-refractivity contribution >= 4 is 22.0 Å². The molecule has 1 aromatic rings. The number of ether oxygens (including phenoxy) is 2. The molecule has 0 saturated heterocycles. The van der Waals surface area contributed by atoms with Gasteiger partial charge in [-0.15, -0.1) is 0 Å². The maximum Gasteiger partial charge on any atom is 0.407 e. The first-order valence-electron chi connectivity index (χ1n) is 7.26. The summed E-state index contributed by atoms with van der Waals surface area (Å²) in [5.41, 5.74) is -1.04. The molecule has 130 valence electrons. The Morgan fingerprint density at radius 1 is 1.48 bits per heavy atom. The van der Waals surface area contributed by atoms with Gasteiger partial charge in [0.05, 0.1) is 23.9 Å². The summed E-state index contributed by atoms with van der Waals surface area (Å²) >= 11 is 3.04. The summed E-state index contributed by atoms with van der Waals surface area (Å²) < 4.78 is 36.7. The number of aromatic nitrogens is 1. The van der Waals surface area contributed by atoms with E-state index in [9.17, 15) is 13.6 Å². The zero-order valence-electron chi connectivity index (χ0n) is 13.4. The molecule has 0 unspecified atom stereocenters. The topological polar surface area (TPSA) is 60.5 Å². The fourth-order valence-corrected chi connectivity index (χ4v) is 1.99. The van der Waals surface area contributed by atoms with Gasteiger partial charge in [-0.05, 0) is 42.3 Å². The van der Waals surface area contributed by atoms with Gasteiger partial charge < -0.3 is 14.8 Å². The molecule has 1 heterocycles. The van der Waals surface area contributed by atoms with Crippen molar-refractivity contribution in [1.29, 1.82) is 0 Å². The molecule has 1 rings (SSSR count). The lowest BCUT2D eigenvalue weighted by Crippen LogP contribution is -2.48. The highest BCUT2D eigenvalue weighted by Gasteiger charge is 2.24. The lowest BCUT2D eigenvalue weighted by atomic mass is 10.1. The summed E-state index contributed by atoms with van der Waals surface area (Å²) in [5, 5.41) is 2.64. The number of unbranched alkanes of at least 4 members (excludes halogenated alkanes) is 1. The van der Waals surface area contributed by atoms with E-state index in [-0.39, 0.29) is 17.9 Å². The molecule has 8 heteroatoms. The van der Waals surface area contributed by atoms with Gasteiger partial charge in [0.1, 0.15) is 17.0 Å². The Morgan fingerprint density at radius 3 is 2.78 bits per heavy atom. The van der Waals surface area contributed by atoms with Crippen molar-refractivity contribution < 1.29 is 23.0 Å². The number of alkyl halides is 2. The Bertz CT molecular complexity index is 527. The van der Waals surface area contributed by atoms with Crippen LogP contribution in [0.1, 0.15) is 45.6 Å². The molecule has 0 bridgehead atoms. The number of hydrogen-bond acceptors (Lipinski definition) is 4. The number of rotatable bonds is 8. The largest absolute Gasteiger partial charge is 0.489 e. The molecule has 0 atom stereocenters. The van der Waals surface area contributed by atoms with Crippen LogP contribution in [-0.4, -0.2) is 29.8 Å². The molecule has 0 aliphatic heterocycles. The summed E-state index contributed by atoms with van der Waals surface area (Å²) in [4.78, 5) is 15.5. The van der Waals surface area contributed by atoms with E-state index in [0.29, 0.717) is 11.2 Å². The monoisotopic (exact) mass is 394 g/mol. The van der Waals surface area contributed by atoms with Crippen LogP contribution < -0.4 is 10.1 Å². The van der Waals surface area contributed by atoms with Gasteiger partial charge in [-0.2, -0.15) is 0 Å². The highest BCUT2D eigenvalue weighted by molar-refractivity contribution is 9.10. The molecule has 1 amide bonds. The first-order valence-corrected chi connectivity index (χ1v) is 8.06. The van der Waals surface area contributed by atoms with Crippen molar-refractivity contribution in [2.75, 3.05) is 13.2 Å². The van der Waals surface area contributed by atoms with Crippen molar-refractivity contribution in [2.45, 2.75) is 45.6 Å². The number of nitrogens with one attached hydrogen (secondary N) is 1. The van der Waals surface area contributed by atoms with Gasteiger partial charge in [0.25, 0.3) is 6.43 Å². The minimum absolute atomic E-state index is 0.00108. The summed E-state index contributed by atoms with van der Waals surface area (Å²) in [5.74, 6) is -0.0163. The fourth-order valence-electron chi connectivity index (χ4n) is 1.64. The van der Waals surface area contributed by atoms with Crippen LogP contribution in [0, 0.1) is 0 Å². The van der Waals surface area contributed by atoms with Gasteiger partial charge in [-0.3, -0.25) is 0 Å². The summed E-state index contributed by atoms with van der Waals surface area (Å²) in [6, 6.07) is 1.21. The molecule has 0 radical (unpaired) electrons. The molecule has 0 aliphatic carbocycles. The Morgan fingerprint density at radius 2 is 2.17 bits per heavy atom. The van der Waals surface area contributed by atoms with Crippen molar-refractivity contribution in [1.82, 2.24) is 10.3 Å². The van der Waals surface area contributed by atoms with Crippen LogP contribution in [0.25, 0.3) is 0 Å². The van der Waals surface area contributed by atoms with Crippen LogP contribution >= 0.6 is 15.9 Å². The van der Waals surface area contributed by atoms with Crippen molar-refractivity contribution in [3.05, 3.63) is 22.4 Å². The van der Waals surface area contributed by atoms with E-state index in [0.717, 1.165) is 12.8 Å². The quantitative estimate of drug-likeness (QED) is 0.522. The maximum absolute atomic E-state index is 13.0. The van der Waals surface area contributed by atoms with E-state index in [1.54, 1.807) is 13.8 Å². The first kappa shape index (κ1) is 19.6. The summed E-state index contributed by atoms with van der Waals surface area (Å²) in [6.45, 7) is 5.75. The van der Waals surface area contributed by atoms with Crippen molar-refractivity contribution in [3.8, 4) is 5.75 Å². The van der Waals surface area contributed by atoms with Crippen LogP contribution in [0.4, 0.5) is 13.6 Å². The molecule has 1 aromatic heterocycles. The first-order chi connectivity index (χ1) is 10.7. The van der Waals surface area contributed by atoms with E-state index in [2.05, 4.69) is 26.2 Å². The Kier molecular flexibility index (Phi) is 7.67. The number of carbonyl (C=O) groups is 1. The van der Waals surface area contributed by atoms with Crippen LogP contribution in [0.15, 0.2) is 16.9 Å². The van der Waals surface area contributed by atoms with E-state index in [1.807, 2.05) is 6.92 Å². The minimum Gasteiger partial charge on any atom is -0.489 e. The molecule has 5 nitrogen and oxygen atoms in total. The zero-order chi connectivity index (χ0) is 17.5. The fraction of sp³-hybridized carbons (Fsp3) is 0.600. The van der Waals surface area contributed by atoms with Gasteiger partial charge in [0, 0.05) is 0 Å². The predicted octanol–water partition coefficient (Wildman–Crippen LogP) is 4.47. The van der Waals surface area contributed by atoms with E-state index >= 15 is 0 Å². The van der Waals surface area contributed by atoms with Gasteiger partial charge >= 0.3 is 6.09 Å². The summed E-state index contributed by atoms with van der Waals surface area (Å²) in [6.07, 6.45) is -0.310.